The molecule has 0 aliphatic carbocycles. The van der Waals surface area contributed by atoms with E-state index >= 15 is 0 Å². The van der Waals surface area contributed by atoms with Gasteiger partial charge in [-0.15, -0.1) is 0 Å². The van der Waals surface area contributed by atoms with Crippen molar-refractivity contribution in [1.82, 2.24) is 4.31 Å². The molecule has 4 nitrogen and oxygen atoms in total. The lowest BCUT2D eigenvalue weighted by molar-refractivity contribution is 0.288. The van der Waals surface area contributed by atoms with Crippen LogP contribution in [0.4, 0.5) is 5.69 Å². The maximum Gasteiger partial charge on any atom is 0.211 e. The molecule has 6 heteroatoms. The van der Waals surface area contributed by atoms with Crippen molar-refractivity contribution in [2.75, 3.05) is 24.2 Å². The van der Waals surface area contributed by atoms with Gasteiger partial charge in [-0.1, -0.05) is 22.0 Å². The highest BCUT2D eigenvalue weighted by Crippen LogP contribution is 2.34. The van der Waals surface area contributed by atoms with Crippen molar-refractivity contribution in [1.29, 1.82) is 0 Å². The van der Waals surface area contributed by atoms with Crippen molar-refractivity contribution < 1.29 is 8.42 Å². The van der Waals surface area contributed by atoms with Crippen LogP contribution in [0.25, 0.3) is 0 Å². The second-order valence-electron chi connectivity index (χ2n) is 5.36. The molecule has 2 aliphatic heterocycles. The van der Waals surface area contributed by atoms with Crippen LogP contribution in [0.1, 0.15) is 12.8 Å². The minimum Gasteiger partial charge on any atom is -0.368 e. The summed E-state index contributed by atoms with van der Waals surface area (Å²) in [5.74, 6) is 0. The van der Waals surface area contributed by atoms with E-state index in [2.05, 4.69) is 33.0 Å². The van der Waals surface area contributed by atoms with Crippen molar-refractivity contribution in [3.8, 4) is 0 Å². The van der Waals surface area contributed by atoms with E-state index in [4.69, 9.17) is 0 Å². The molecule has 0 amide bonds. The van der Waals surface area contributed by atoms with E-state index in [1.54, 1.807) is 4.31 Å². The monoisotopic (exact) mass is 344 g/mol. The lowest BCUT2D eigenvalue weighted by Gasteiger charge is -2.40. The number of benzene rings is 1. The Balaban J connectivity index is 1.85. The topological polar surface area (TPSA) is 40.6 Å². The van der Waals surface area contributed by atoms with Crippen LogP contribution in [-0.2, 0) is 10.0 Å². The highest BCUT2D eigenvalue weighted by molar-refractivity contribution is 9.10. The molecule has 1 aromatic carbocycles. The average Bonchev–Trinajstić information content (AvgIpc) is 2.61. The van der Waals surface area contributed by atoms with Crippen LogP contribution >= 0.6 is 15.9 Å². The predicted octanol–water partition coefficient (Wildman–Crippen LogP) is 2.06. The van der Waals surface area contributed by atoms with Gasteiger partial charge >= 0.3 is 0 Å². The number of piperazine rings is 1. The molecule has 19 heavy (non-hydrogen) atoms. The lowest BCUT2D eigenvalue weighted by atomic mass is 10.2. The Morgan fingerprint density at radius 2 is 1.84 bits per heavy atom. The smallest absolute Gasteiger partial charge is 0.211 e. The van der Waals surface area contributed by atoms with E-state index in [1.807, 2.05) is 12.1 Å². The van der Waals surface area contributed by atoms with Gasteiger partial charge in [0.15, 0.2) is 0 Å². The summed E-state index contributed by atoms with van der Waals surface area (Å²) in [6, 6.07) is 8.46. The van der Waals surface area contributed by atoms with Crippen molar-refractivity contribution in [2.24, 2.45) is 0 Å². The number of fused-ring (bicyclic) bond motifs is 2. The molecule has 0 radical (unpaired) electrons. The van der Waals surface area contributed by atoms with Gasteiger partial charge in [0.25, 0.3) is 0 Å². The highest BCUT2D eigenvalue weighted by Gasteiger charge is 2.44. The molecule has 2 atom stereocenters. The Hall–Kier alpha value is -0.590. The van der Waals surface area contributed by atoms with E-state index in [0.29, 0.717) is 0 Å². The zero-order valence-electron chi connectivity index (χ0n) is 10.8. The Labute approximate surface area is 122 Å². The molecule has 2 fully saturated rings. The summed E-state index contributed by atoms with van der Waals surface area (Å²) in [6.07, 6.45) is 3.28. The SMILES string of the molecule is CS(=O)(=O)N1C2CCC1CN(c1cccc(Br)c1)C2. The predicted molar refractivity (Wildman–Crippen MR) is 79.8 cm³/mol. The van der Waals surface area contributed by atoms with Gasteiger partial charge in [0.1, 0.15) is 0 Å². The molecule has 1 aromatic rings. The van der Waals surface area contributed by atoms with Crippen LogP contribution in [0.3, 0.4) is 0 Å². The fraction of sp³-hybridized carbons (Fsp3) is 0.538. The van der Waals surface area contributed by atoms with E-state index in [1.165, 1.54) is 11.9 Å². The number of sulfonamides is 1. The van der Waals surface area contributed by atoms with E-state index < -0.39 is 10.0 Å². The summed E-state index contributed by atoms with van der Waals surface area (Å²) in [7, 11) is -3.08. The summed E-state index contributed by atoms with van der Waals surface area (Å²) in [4.78, 5) is 2.30. The molecule has 0 spiro atoms. The van der Waals surface area contributed by atoms with E-state index in [9.17, 15) is 8.42 Å². The first-order valence-electron chi connectivity index (χ1n) is 6.44. The van der Waals surface area contributed by atoms with Crippen molar-refractivity contribution in [3.05, 3.63) is 28.7 Å². The van der Waals surface area contributed by atoms with Gasteiger partial charge < -0.3 is 4.90 Å². The van der Waals surface area contributed by atoms with Gasteiger partial charge in [0, 0.05) is 35.3 Å². The Kier molecular flexibility index (Phi) is 3.35. The summed E-state index contributed by atoms with van der Waals surface area (Å²) < 4.78 is 26.5. The number of anilines is 1. The Bertz CT molecular complexity index is 576. The van der Waals surface area contributed by atoms with Gasteiger partial charge in [0.2, 0.25) is 10.0 Å². The first-order chi connectivity index (χ1) is 8.95. The molecule has 2 unspecified atom stereocenters. The molecule has 2 aliphatic rings. The number of hydrogen-bond donors (Lipinski definition) is 0. The Morgan fingerprint density at radius 1 is 1.21 bits per heavy atom. The molecular formula is C13H17BrN2O2S. The molecular weight excluding hydrogens is 328 g/mol. The summed E-state index contributed by atoms with van der Waals surface area (Å²) in [5.41, 5.74) is 1.17. The van der Waals surface area contributed by atoms with Gasteiger partial charge in [-0.3, -0.25) is 0 Å². The highest BCUT2D eigenvalue weighted by atomic mass is 79.9. The lowest BCUT2D eigenvalue weighted by Crippen LogP contribution is -2.55. The summed E-state index contributed by atoms with van der Waals surface area (Å²) in [5, 5.41) is 0. The van der Waals surface area contributed by atoms with Crippen molar-refractivity contribution in [2.45, 2.75) is 24.9 Å². The molecule has 0 aromatic heterocycles. The van der Waals surface area contributed by atoms with Gasteiger partial charge in [-0.05, 0) is 31.0 Å². The molecule has 2 saturated heterocycles. The van der Waals surface area contributed by atoms with E-state index in [0.717, 1.165) is 30.4 Å². The number of hydrogen-bond acceptors (Lipinski definition) is 3. The molecule has 3 rings (SSSR count). The third-order valence-corrected chi connectivity index (χ3v) is 5.83. The minimum absolute atomic E-state index is 0.132. The normalized spacial score (nSPS) is 27.8. The molecule has 0 saturated carbocycles. The standard InChI is InChI=1S/C13H17BrN2O2S/c1-19(17,18)16-12-5-6-13(16)9-15(8-12)11-4-2-3-10(14)7-11/h2-4,7,12-13H,5-6,8-9H2,1H3. The largest absolute Gasteiger partial charge is 0.368 e. The summed E-state index contributed by atoms with van der Waals surface area (Å²) in [6.45, 7) is 1.58. The zero-order chi connectivity index (χ0) is 13.6. The first kappa shape index (κ1) is 13.4. The van der Waals surface area contributed by atoms with Crippen LogP contribution in [-0.4, -0.2) is 44.2 Å². The maximum absolute atomic E-state index is 11.8. The fourth-order valence-electron chi connectivity index (χ4n) is 3.29. The average molecular weight is 345 g/mol. The molecule has 2 bridgehead atoms. The maximum atomic E-state index is 11.8. The van der Waals surface area contributed by atoms with Gasteiger partial charge in [0.05, 0.1) is 6.26 Å². The minimum atomic E-state index is -3.08. The number of rotatable bonds is 2. The molecule has 2 heterocycles. The fourth-order valence-corrected chi connectivity index (χ4v) is 5.10. The van der Waals surface area contributed by atoms with E-state index in [-0.39, 0.29) is 12.1 Å². The van der Waals surface area contributed by atoms with Crippen molar-refractivity contribution >= 4 is 31.6 Å². The van der Waals surface area contributed by atoms with Crippen molar-refractivity contribution in [3.63, 3.8) is 0 Å². The number of halogens is 1. The molecule has 0 N–H and O–H groups in total. The first-order valence-corrected chi connectivity index (χ1v) is 9.08. The second kappa shape index (κ2) is 4.75. The second-order valence-corrected chi connectivity index (χ2v) is 8.17. The van der Waals surface area contributed by atoms with Gasteiger partial charge in [-0.25, -0.2) is 8.42 Å². The zero-order valence-corrected chi connectivity index (χ0v) is 13.2. The van der Waals surface area contributed by atoms with Crippen LogP contribution in [0.5, 0.6) is 0 Å². The summed E-state index contributed by atoms with van der Waals surface area (Å²) >= 11 is 3.49. The van der Waals surface area contributed by atoms with Gasteiger partial charge in [-0.2, -0.15) is 4.31 Å². The third kappa shape index (κ3) is 2.53. The quantitative estimate of drug-likeness (QED) is 0.824. The van der Waals surface area contributed by atoms with Crippen LogP contribution < -0.4 is 4.90 Å². The molecule has 104 valence electrons. The Morgan fingerprint density at radius 3 is 2.37 bits per heavy atom. The van der Waals surface area contributed by atoms with Crippen LogP contribution in [0.15, 0.2) is 28.7 Å². The van der Waals surface area contributed by atoms with Crippen LogP contribution in [0, 0.1) is 0 Å². The third-order valence-electron chi connectivity index (χ3n) is 3.97. The number of nitrogens with zero attached hydrogens (tertiary/aromatic N) is 2. The van der Waals surface area contributed by atoms with Crippen LogP contribution in [0.2, 0.25) is 0 Å².